The second-order valence-corrected chi connectivity index (χ2v) is 12.3. The van der Waals surface area contributed by atoms with Gasteiger partial charge in [-0.25, -0.2) is 0 Å². The molecule has 0 aromatic heterocycles. The number of carbonyl (C=O) groups excluding carboxylic acids is 2. The number of allylic oxidation sites excluding steroid dienone is 2. The molecule has 0 aromatic rings. The first-order chi connectivity index (χ1) is 16.3. The number of ketones is 1. The van der Waals surface area contributed by atoms with E-state index in [1.807, 2.05) is 6.08 Å². The molecule has 2 saturated carbocycles. The molecule has 0 N–H and O–H groups in total. The molecular weight excluding hydrogens is 420 g/mol. The lowest BCUT2D eigenvalue weighted by Gasteiger charge is -2.56. The van der Waals surface area contributed by atoms with Crippen LogP contribution < -0.4 is 0 Å². The molecule has 4 aliphatic rings. The maximum Gasteiger partial charge on any atom is 0.306 e. The zero-order chi connectivity index (χ0) is 24.3. The fourth-order valence-electron chi connectivity index (χ4n) is 8.20. The van der Waals surface area contributed by atoms with E-state index in [4.69, 9.17) is 4.74 Å². The topological polar surface area (TPSA) is 43.4 Å². The Morgan fingerprint density at radius 2 is 1.76 bits per heavy atom. The molecule has 0 saturated heterocycles. The molecule has 0 heterocycles. The molecule has 0 spiro atoms. The molecule has 4 aliphatic carbocycles. The van der Waals surface area contributed by atoms with Crippen molar-refractivity contribution in [2.75, 3.05) is 0 Å². The van der Waals surface area contributed by atoms with Crippen molar-refractivity contribution in [2.45, 2.75) is 124 Å². The van der Waals surface area contributed by atoms with Gasteiger partial charge in [-0.05, 0) is 61.3 Å². The third-order valence-electron chi connectivity index (χ3n) is 9.77. The molecule has 3 nitrogen and oxygen atoms in total. The van der Waals surface area contributed by atoms with Gasteiger partial charge in [0.15, 0.2) is 5.78 Å². The average Bonchev–Trinajstić information content (AvgIpc) is 3.10. The molecule has 0 amide bonds. The van der Waals surface area contributed by atoms with Crippen molar-refractivity contribution < 1.29 is 14.3 Å². The number of fused-ring (bicyclic) bond motifs is 5. The Hall–Kier alpha value is -1.38. The molecular formula is C31H48O3. The minimum absolute atomic E-state index is 0.00418. The Balaban J connectivity index is 1.32. The van der Waals surface area contributed by atoms with Crippen LogP contribution in [0.15, 0.2) is 23.3 Å². The van der Waals surface area contributed by atoms with Crippen molar-refractivity contribution in [3.8, 4) is 0 Å². The highest BCUT2D eigenvalue weighted by molar-refractivity contribution is 5.91. The van der Waals surface area contributed by atoms with E-state index in [9.17, 15) is 9.59 Å². The van der Waals surface area contributed by atoms with Gasteiger partial charge in [-0.1, -0.05) is 89.9 Å². The first-order valence-corrected chi connectivity index (χ1v) is 14.5. The Morgan fingerprint density at radius 1 is 1.06 bits per heavy atom. The lowest BCUT2D eigenvalue weighted by Crippen LogP contribution is -2.51. The summed E-state index contributed by atoms with van der Waals surface area (Å²) < 4.78 is 6.18. The SMILES string of the molecule is CCCCCCCCCCC(=O)O[C@H]1CC=C2[C@H]3[C@H]([C@@H](C)C[C@@]21C)[C@H]1CCC(=O)C=C1C[C@H]3C. The summed E-state index contributed by atoms with van der Waals surface area (Å²) in [4.78, 5) is 24.8. The predicted molar refractivity (Wildman–Crippen MR) is 138 cm³/mol. The maximum atomic E-state index is 12.8. The molecule has 0 aromatic carbocycles. The summed E-state index contributed by atoms with van der Waals surface area (Å²) in [5.41, 5.74) is 2.98. The largest absolute Gasteiger partial charge is 0.461 e. The van der Waals surface area contributed by atoms with Crippen LogP contribution in [0.3, 0.4) is 0 Å². The summed E-state index contributed by atoms with van der Waals surface area (Å²) in [6.07, 6.45) is 19.8. The van der Waals surface area contributed by atoms with E-state index in [1.165, 1.54) is 44.1 Å². The quantitative estimate of drug-likeness (QED) is 0.185. The predicted octanol–water partition coefficient (Wildman–Crippen LogP) is 7.98. The van der Waals surface area contributed by atoms with E-state index in [-0.39, 0.29) is 17.5 Å². The fourth-order valence-corrected chi connectivity index (χ4v) is 8.20. The summed E-state index contributed by atoms with van der Waals surface area (Å²) in [6, 6.07) is 0. The third-order valence-corrected chi connectivity index (χ3v) is 9.77. The minimum Gasteiger partial charge on any atom is -0.461 e. The fraction of sp³-hybridized carbons (Fsp3) is 0.806. The van der Waals surface area contributed by atoms with Crippen LogP contribution in [0.25, 0.3) is 0 Å². The van der Waals surface area contributed by atoms with Gasteiger partial charge >= 0.3 is 5.97 Å². The van der Waals surface area contributed by atoms with E-state index in [2.05, 4.69) is 33.8 Å². The van der Waals surface area contributed by atoms with E-state index < -0.39 is 0 Å². The highest BCUT2D eigenvalue weighted by Crippen LogP contribution is 2.63. The van der Waals surface area contributed by atoms with E-state index in [1.54, 1.807) is 5.57 Å². The molecule has 190 valence electrons. The summed E-state index contributed by atoms with van der Waals surface area (Å²) in [7, 11) is 0. The molecule has 0 unspecified atom stereocenters. The molecule has 34 heavy (non-hydrogen) atoms. The molecule has 0 aliphatic heterocycles. The molecule has 7 atom stereocenters. The Morgan fingerprint density at radius 3 is 2.50 bits per heavy atom. The number of esters is 1. The smallest absolute Gasteiger partial charge is 0.306 e. The van der Waals surface area contributed by atoms with Crippen LogP contribution in [-0.2, 0) is 14.3 Å². The van der Waals surface area contributed by atoms with E-state index >= 15 is 0 Å². The molecule has 3 heteroatoms. The number of hydrogen-bond acceptors (Lipinski definition) is 3. The van der Waals surface area contributed by atoms with Crippen LogP contribution in [0.4, 0.5) is 0 Å². The molecule has 2 fully saturated rings. The highest BCUT2D eigenvalue weighted by Gasteiger charge is 2.57. The summed E-state index contributed by atoms with van der Waals surface area (Å²) in [6.45, 7) is 9.43. The number of ether oxygens (including phenoxy) is 1. The number of carbonyl (C=O) groups is 2. The molecule has 4 rings (SSSR count). The highest BCUT2D eigenvalue weighted by atomic mass is 16.5. The second kappa shape index (κ2) is 11.1. The standard InChI is InChI=1S/C31H48O3/c1-5-6-7-8-9-10-11-12-13-28(33)34-27-17-16-26-30-21(2)18-23-19-24(32)14-15-25(23)29(30)22(3)20-31(26,27)4/h16,19,21-22,25,27,29-30H,5-15,17-18,20H2,1-4H3/t21-,22+,25+,27+,29-,30+,31+/m1/s1. The van der Waals surface area contributed by atoms with E-state index in [0.29, 0.717) is 48.2 Å². The van der Waals surface area contributed by atoms with Gasteiger partial charge in [0.2, 0.25) is 0 Å². The summed E-state index contributed by atoms with van der Waals surface area (Å²) in [5.74, 6) is 3.25. The lowest BCUT2D eigenvalue weighted by molar-refractivity contribution is -0.156. The van der Waals surface area contributed by atoms with Crippen molar-refractivity contribution in [3.05, 3.63) is 23.3 Å². The number of rotatable bonds is 10. The van der Waals surface area contributed by atoms with Gasteiger partial charge in [0.1, 0.15) is 6.10 Å². The van der Waals surface area contributed by atoms with Crippen molar-refractivity contribution in [1.82, 2.24) is 0 Å². The van der Waals surface area contributed by atoms with Crippen molar-refractivity contribution >= 4 is 11.8 Å². The van der Waals surface area contributed by atoms with Crippen LogP contribution >= 0.6 is 0 Å². The average molecular weight is 469 g/mol. The second-order valence-electron chi connectivity index (χ2n) is 12.3. The van der Waals surface area contributed by atoms with Crippen LogP contribution in [-0.4, -0.2) is 17.9 Å². The van der Waals surface area contributed by atoms with Gasteiger partial charge in [0, 0.05) is 24.7 Å². The number of unbranched alkanes of at least 4 members (excludes halogenated alkanes) is 7. The Kier molecular flexibility index (Phi) is 8.41. The lowest BCUT2D eigenvalue weighted by atomic mass is 9.49. The van der Waals surface area contributed by atoms with Crippen LogP contribution in [0.2, 0.25) is 0 Å². The van der Waals surface area contributed by atoms with Crippen LogP contribution in [0.1, 0.15) is 118 Å². The summed E-state index contributed by atoms with van der Waals surface area (Å²) in [5, 5.41) is 0. The monoisotopic (exact) mass is 468 g/mol. The zero-order valence-corrected chi connectivity index (χ0v) is 22.2. The zero-order valence-electron chi connectivity index (χ0n) is 22.2. The van der Waals surface area contributed by atoms with Crippen molar-refractivity contribution in [1.29, 1.82) is 0 Å². The first kappa shape index (κ1) is 25.7. The summed E-state index contributed by atoms with van der Waals surface area (Å²) >= 11 is 0. The van der Waals surface area contributed by atoms with Gasteiger partial charge in [0.25, 0.3) is 0 Å². The normalized spacial score (nSPS) is 36.8. The molecule has 0 bridgehead atoms. The maximum absolute atomic E-state index is 12.8. The first-order valence-electron chi connectivity index (χ1n) is 14.5. The third kappa shape index (κ3) is 5.24. The van der Waals surface area contributed by atoms with Crippen LogP contribution in [0, 0.1) is 35.0 Å². The van der Waals surface area contributed by atoms with Crippen molar-refractivity contribution in [3.63, 3.8) is 0 Å². The number of hydrogen-bond donors (Lipinski definition) is 0. The Bertz CT molecular complexity index is 807. The van der Waals surface area contributed by atoms with Gasteiger partial charge in [-0.15, -0.1) is 0 Å². The minimum atomic E-state index is -0.0184. The van der Waals surface area contributed by atoms with Gasteiger partial charge in [-0.3, -0.25) is 9.59 Å². The van der Waals surface area contributed by atoms with Crippen molar-refractivity contribution in [2.24, 2.45) is 35.0 Å². The van der Waals surface area contributed by atoms with E-state index in [0.717, 1.165) is 38.5 Å². The van der Waals surface area contributed by atoms with Gasteiger partial charge in [0.05, 0.1) is 0 Å². The molecule has 0 radical (unpaired) electrons. The van der Waals surface area contributed by atoms with Gasteiger partial charge in [-0.2, -0.15) is 0 Å². The van der Waals surface area contributed by atoms with Gasteiger partial charge < -0.3 is 4.74 Å². The van der Waals surface area contributed by atoms with Crippen LogP contribution in [0.5, 0.6) is 0 Å². The Labute approximate surface area is 208 Å².